The number of nitrogens with two attached hydrogens (primary N) is 1. The van der Waals surface area contributed by atoms with Crippen LogP contribution in [0.25, 0.3) is 0 Å². The van der Waals surface area contributed by atoms with Crippen molar-refractivity contribution in [3.8, 4) is 0 Å². The molecule has 0 atom stereocenters. The number of aliphatic imine (C=N–C) groups is 1. The van der Waals surface area contributed by atoms with Gasteiger partial charge in [-0.3, -0.25) is 4.98 Å². The summed E-state index contributed by atoms with van der Waals surface area (Å²) < 4.78 is 0. The van der Waals surface area contributed by atoms with Crippen LogP contribution in [0, 0.1) is 0 Å². The van der Waals surface area contributed by atoms with Gasteiger partial charge in [-0.15, -0.1) is 0 Å². The number of rotatable bonds is 2. The van der Waals surface area contributed by atoms with Crippen LogP contribution in [0.3, 0.4) is 0 Å². The van der Waals surface area contributed by atoms with Crippen LogP contribution in [0.4, 0.5) is 0 Å². The Morgan fingerprint density at radius 2 is 2.38 bits per heavy atom. The van der Waals surface area contributed by atoms with Crippen molar-refractivity contribution in [1.82, 2.24) is 15.2 Å². The van der Waals surface area contributed by atoms with Crippen molar-refractivity contribution in [1.29, 1.82) is 0 Å². The fourth-order valence-electron chi connectivity index (χ4n) is 0.924. The summed E-state index contributed by atoms with van der Waals surface area (Å²) in [6.45, 7) is 0.594. The maximum absolute atomic E-state index is 5.62. The molecule has 0 saturated heterocycles. The molecule has 1 aromatic heterocycles. The number of hydrogen-bond acceptors (Lipinski definition) is 2. The monoisotopic (exact) mass is 237 g/mol. The van der Waals surface area contributed by atoms with Crippen molar-refractivity contribution in [3.05, 3.63) is 30.1 Å². The molecule has 6 heteroatoms. The lowest BCUT2D eigenvalue weighted by atomic mass is 10.3. The fourth-order valence-corrected chi connectivity index (χ4v) is 1.09. The van der Waals surface area contributed by atoms with Crippen LogP contribution >= 0.6 is 12.2 Å². The minimum atomic E-state index is 0.370. The second-order valence-electron chi connectivity index (χ2n) is 3.38. The summed E-state index contributed by atoms with van der Waals surface area (Å²) in [5.41, 5.74) is 6.67. The zero-order valence-electron chi connectivity index (χ0n) is 9.34. The van der Waals surface area contributed by atoms with Crippen molar-refractivity contribution in [2.75, 3.05) is 14.1 Å². The molecular weight excluding hydrogens is 222 g/mol. The van der Waals surface area contributed by atoms with Crippen LogP contribution in [0.15, 0.2) is 29.5 Å². The number of thiocarbonyl (C=S) groups is 1. The summed E-state index contributed by atoms with van der Waals surface area (Å²) in [4.78, 5) is 9.70. The van der Waals surface area contributed by atoms with Gasteiger partial charge in [0.2, 0.25) is 0 Å². The summed E-state index contributed by atoms with van der Waals surface area (Å²) in [5.74, 6) is 0.378. The highest BCUT2D eigenvalue weighted by Crippen LogP contribution is 1.94. The molecule has 0 unspecified atom stereocenters. The number of nitrogens with zero attached hydrogens (tertiary/aromatic N) is 3. The van der Waals surface area contributed by atoms with Gasteiger partial charge in [-0.1, -0.05) is 6.07 Å². The SMILES string of the molecule is CN(C)C(N)=NC(=S)NCc1cccnc1. The van der Waals surface area contributed by atoms with E-state index in [0.717, 1.165) is 5.56 Å². The molecule has 0 aliphatic rings. The van der Waals surface area contributed by atoms with E-state index in [1.54, 1.807) is 17.3 Å². The van der Waals surface area contributed by atoms with Crippen molar-refractivity contribution in [2.24, 2.45) is 10.7 Å². The molecule has 1 heterocycles. The van der Waals surface area contributed by atoms with Crippen LogP contribution < -0.4 is 11.1 Å². The summed E-state index contributed by atoms with van der Waals surface area (Å²) in [6, 6.07) is 3.83. The molecule has 3 N–H and O–H groups in total. The number of pyridine rings is 1. The molecule has 0 saturated carbocycles. The molecule has 1 aromatic rings. The summed E-state index contributed by atoms with van der Waals surface area (Å²) in [7, 11) is 3.62. The van der Waals surface area contributed by atoms with E-state index >= 15 is 0 Å². The topological polar surface area (TPSA) is 66.5 Å². The first kappa shape index (κ1) is 12.4. The third kappa shape index (κ3) is 4.22. The van der Waals surface area contributed by atoms with Gasteiger partial charge >= 0.3 is 0 Å². The van der Waals surface area contributed by atoms with E-state index in [2.05, 4.69) is 15.3 Å². The highest BCUT2D eigenvalue weighted by atomic mass is 32.1. The van der Waals surface area contributed by atoms with Gasteiger partial charge < -0.3 is 16.0 Å². The Morgan fingerprint density at radius 1 is 1.62 bits per heavy atom. The second kappa shape index (κ2) is 6.02. The van der Waals surface area contributed by atoms with Gasteiger partial charge in [0.25, 0.3) is 0 Å². The lowest BCUT2D eigenvalue weighted by Crippen LogP contribution is -2.33. The van der Waals surface area contributed by atoms with Crippen LogP contribution in [0.2, 0.25) is 0 Å². The molecule has 0 amide bonds. The zero-order valence-corrected chi connectivity index (χ0v) is 10.2. The molecule has 0 aliphatic carbocycles. The molecule has 5 nitrogen and oxygen atoms in total. The zero-order chi connectivity index (χ0) is 12.0. The Kier molecular flexibility index (Phi) is 4.65. The molecule has 86 valence electrons. The lowest BCUT2D eigenvalue weighted by Gasteiger charge is -2.11. The summed E-state index contributed by atoms with van der Waals surface area (Å²) >= 11 is 5.02. The lowest BCUT2D eigenvalue weighted by molar-refractivity contribution is 0.615. The highest BCUT2D eigenvalue weighted by molar-refractivity contribution is 7.80. The Hall–Kier alpha value is -1.69. The maximum atomic E-state index is 5.62. The van der Waals surface area contributed by atoms with Gasteiger partial charge in [-0.05, 0) is 23.8 Å². The summed E-state index contributed by atoms with van der Waals surface area (Å²) in [5, 5.41) is 3.35. The molecule has 0 bridgehead atoms. The van der Waals surface area contributed by atoms with E-state index in [1.165, 1.54) is 0 Å². The Labute approximate surface area is 100 Å². The first-order chi connectivity index (χ1) is 7.59. The van der Waals surface area contributed by atoms with Crippen molar-refractivity contribution in [3.63, 3.8) is 0 Å². The molecular formula is C10H15N5S. The average molecular weight is 237 g/mol. The standard InChI is InChI=1S/C10H15N5S/c1-15(2)9(11)14-10(16)13-7-8-4-3-5-12-6-8/h3-6H,7H2,1-2H3,(H3,11,13,14,16). The predicted molar refractivity (Wildman–Crippen MR) is 69.0 cm³/mol. The molecule has 0 fully saturated rings. The van der Waals surface area contributed by atoms with E-state index in [0.29, 0.717) is 17.6 Å². The molecule has 1 rings (SSSR count). The fraction of sp³-hybridized carbons (Fsp3) is 0.300. The first-order valence-electron chi connectivity index (χ1n) is 4.78. The van der Waals surface area contributed by atoms with Gasteiger partial charge in [0.05, 0.1) is 0 Å². The third-order valence-corrected chi connectivity index (χ3v) is 2.08. The molecule has 0 radical (unpaired) electrons. The van der Waals surface area contributed by atoms with Crippen LogP contribution in [0.5, 0.6) is 0 Å². The van der Waals surface area contributed by atoms with Crippen LogP contribution in [0.1, 0.15) is 5.56 Å². The third-order valence-electron chi connectivity index (χ3n) is 1.84. The minimum absolute atomic E-state index is 0.370. The summed E-state index contributed by atoms with van der Waals surface area (Å²) in [6.07, 6.45) is 3.50. The molecule has 16 heavy (non-hydrogen) atoms. The number of aromatic nitrogens is 1. The van der Waals surface area contributed by atoms with E-state index in [-0.39, 0.29) is 0 Å². The number of guanidine groups is 1. The minimum Gasteiger partial charge on any atom is -0.369 e. The van der Waals surface area contributed by atoms with E-state index in [1.807, 2.05) is 26.2 Å². The smallest absolute Gasteiger partial charge is 0.198 e. The van der Waals surface area contributed by atoms with Crippen LogP contribution in [-0.2, 0) is 6.54 Å². The number of hydrogen-bond donors (Lipinski definition) is 2. The molecule has 0 aromatic carbocycles. The van der Waals surface area contributed by atoms with E-state index in [4.69, 9.17) is 18.0 Å². The second-order valence-corrected chi connectivity index (χ2v) is 3.77. The van der Waals surface area contributed by atoms with E-state index in [9.17, 15) is 0 Å². The van der Waals surface area contributed by atoms with E-state index < -0.39 is 0 Å². The van der Waals surface area contributed by atoms with Gasteiger partial charge in [0.15, 0.2) is 11.1 Å². The van der Waals surface area contributed by atoms with Crippen LogP contribution in [-0.4, -0.2) is 35.1 Å². The highest BCUT2D eigenvalue weighted by Gasteiger charge is 1.98. The average Bonchev–Trinajstić information content (AvgIpc) is 2.27. The van der Waals surface area contributed by atoms with Crippen molar-refractivity contribution >= 4 is 23.3 Å². The largest absolute Gasteiger partial charge is 0.369 e. The predicted octanol–water partition coefficient (Wildman–Crippen LogP) is 0.332. The number of nitrogens with one attached hydrogen (secondary N) is 1. The molecule has 0 aliphatic heterocycles. The van der Waals surface area contributed by atoms with Gasteiger partial charge in [-0.25, -0.2) is 0 Å². The normalized spacial score (nSPS) is 11.0. The van der Waals surface area contributed by atoms with Gasteiger partial charge in [0.1, 0.15) is 0 Å². The molecule has 0 spiro atoms. The van der Waals surface area contributed by atoms with Gasteiger partial charge in [0, 0.05) is 33.0 Å². The quantitative estimate of drug-likeness (QED) is 0.441. The Balaban J connectivity index is 2.45. The Bertz CT molecular complexity index is 374. The first-order valence-corrected chi connectivity index (χ1v) is 5.18. The van der Waals surface area contributed by atoms with Gasteiger partial charge in [-0.2, -0.15) is 4.99 Å². The van der Waals surface area contributed by atoms with Crippen molar-refractivity contribution in [2.45, 2.75) is 6.54 Å². The Morgan fingerprint density at radius 3 is 2.94 bits per heavy atom. The van der Waals surface area contributed by atoms with Crippen molar-refractivity contribution < 1.29 is 0 Å². The maximum Gasteiger partial charge on any atom is 0.198 e.